The van der Waals surface area contributed by atoms with Crippen molar-refractivity contribution in [3.63, 3.8) is 0 Å². The highest BCUT2D eigenvalue weighted by molar-refractivity contribution is 6.05. The average molecular weight is 398 g/mol. The van der Waals surface area contributed by atoms with Gasteiger partial charge in [-0.15, -0.1) is 5.10 Å². The van der Waals surface area contributed by atoms with E-state index >= 15 is 0 Å². The third-order valence-corrected chi connectivity index (χ3v) is 5.81. The SMILES string of the molecule is COCCn1nnnc1C1(N(C)C)CCN(C(=O)c2nn(C)c3ccccc23)C1. The first-order valence-electron chi connectivity index (χ1n) is 9.62. The summed E-state index contributed by atoms with van der Waals surface area (Å²) in [6.07, 6.45) is 0.740. The van der Waals surface area contributed by atoms with Gasteiger partial charge in [-0.25, -0.2) is 4.68 Å². The molecule has 3 aromatic rings. The third-order valence-electron chi connectivity index (χ3n) is 5.81. The molecule has 1 aliphatic rings. The Hall–Kier alpha value is -2.85. The standard InChI is InChI=1S/C19H26N8O2/c1-24(2)19(18-20-22-23-27(18)11-12-29-4)9-10-26(13-19)17(28)16-14-7-5-6-8-15(14)25(3)21-16/h5-8H,9-13H2,1-4H3. The number of carbonyl (C=O) groups excluding carboxylic acids is 1. The van der Waals surface area contributed by atoms with Crippen LogP contribution >= 0.6 is 0 Å². The molecule has 0 spiro atoms. The second-order valence-electron chi connectivity index (χ2n) is 7.61. The van der Waals surface area contributed by atoms with Crippen molar-refractivity contribution in [2.45, 2.75) is 18.5 Å². The first-order valence-corrected chi connectivity index (χ1v) is 9.62. The van der Waals surface area contributed by atoms with Crippen LogP contribution in [0.1, 0.15) is 22.7 Å². The van der Waals surface area contributed by atoms with Crippen molar-refractivity contribution in [3.05, 3.63) is 35.8 Å². The number of nitrogens with zero attached hydrogens (tertiary/aromatic N) is 8. The molecule has 1 aromatic carbocycles. The van der Waals surface area contributed by atoms with Crippen LogP contribution < -0.4 is 0 Å². The fourth-order valence-electron chi connectivity index (χ4n) is 4.10. The van der Waals surface area contributed by atoms with Crippen molar-refractivity contribution in [1.82, 2.24) is 39.8 Å². The fraction of sp³-hybridized carbons (Fsp3) is 0.526. The summed E-state index contributed by atoms with van der Waals surface area (Å²) in [5.41, 5.74) is 0.964. The molecule has 29 heavy (non-hydrogen) atoms. The Morgan fingerprint density at radius 3 is 2.86 bits per heavy atom. The summed E-state index contributed by atoms with van der Waals surface area (Å²) in [5, 5.41) is 17.7. The zero-order valence-electron chi connectivity index (χ0n) is 17.2. The molecule has 1 atom stereocenters. The van der Waals surface area contributed by atoms with Crippen LogP contribution in [0.4, 0.5) is 0 Å². The first-order chi connectivity index (χ1) is 14.0. The average Bonchev–Trinajstić information content (AvgIpc) is 3.44. The van der Waals surface area contributed by atoms with Crippen molar-refractivity contribution in [1.29, 1.82) is 0 Å². The van der Waals surface area contributed by atoms with Crippen molar-refractivity contribution in [2.24, 2.45) is 7.05 Å². The van der Waals surface area contributed by atoms with Gasteiger partial charge in [0.15, 0.2) is 11.5 Å². The van der Waals surface area contributed by atoms with E-state index in [1.165, 1.54) is 0 Å². The minimum absolute atomic E-state index is 0.0681. The van der Waals surface area contributed by atoms with E-state index in [0.29, 0.717) is 31.9 Å². The number of aryl methyl sites for hydroxylation is 1. The highest BCUT2D eigenvalue weighted by Crippen LogP contribution is 2.36. The number of methoxy groups -OCH3 is 1. The van der Waals surface area contributed by atoms with Crippen LogP contribution in [0, 0.1) is 0 Å². The highest BCUT2D eigenvalue weighted by Gasteiger charge is 2.47. The summed E-state index contributed by atoms with van der Waals surface area (Å²) in [4.78, 5) is 17.3. The summed E-state index contributed by atoms with van der Waals surface area (Å²) in [7, 11) is 7.51. The lowest BCUT2D eigenvalue weighted by Crippen LogP contribution is -2.47. The largest absolute Gasteiger partial charge is 0.383 e. The molecule has 1 aliphatic heterocycles. The monoisotopic (exact) mass is 398 g/mol. The van der Waals surface area contributed by atoms with Crippen LogP contribution in [0.2, 0.25) is 0 Å². The first kappa shape index (κ1) is 19.5. The van der Waals surface area contributed by atoms with E-state index in [2.05, 4.69) is 25.5 Å². The Balaban J connectivity index is 1.65. The van der Waals surface area contributed by atoms with E-state index < -0.39 is 5.54 Å². The number of likely N-dealkylation sites (tertiary alicyclic amines) is 1. The molecule has 1 saturated heterocycles. The molecule has 3 heterocycles. The van der Waals surface area contributed by atoms with E-state index in [1.54, 1.807) is 16.5 Å². The predicted molar refractivity (Wildman–Crippen MR) is 106 cm³/mol. The maximum atomic E-state index is 13.4. The van der Waals surface area contributed by atoms with Crippen molar-refractivity contribution >= 4 is 16.8 Å². The second-order valence-corrected chi connectivity index (χ2v) is 7.61. The summed E-state index contributed by atoms with van der Waals surface area (Å²) >= 11 is 0. The molecule has 0 saturated carbocycles. The third kappa shape index (κ3) is 3.18. The molecule has 10 heteroatoms. The number of ether oxygens (including phenoxy) is 1. The molecule has 1 amide bonds. The number of para-hydroxylation sites is 1. The van der Waals surface area contributed by atoms with Gasteiger partial charge in [0.05, 0.1) is 18.7 Å². The number of hydrogen-bond donors (Lipinski definition) is 0. The van der Waals surface area contributed by atoms with Gasteiger partial charge in [0.1, 0.15) is 5.54 Å². The predicted octanol–water partition coefficient (Wildman–Crippen LogP) is 0.509. The topological polar surface area (TPSA) is 94.2 Å². The Morgan fingerprint density at radius 2 is 2.10 bits per heavy atom. The van der Waals surface area contributed by atoms with Gasteiger partial charge in [0, 0.05) is 32.6 Å². The number of carbonyl (C=O) groups is 1. The van der Waals surface area contributed by atoms with Crippen molar-refractivity contribution in [2.75, 3.05) is 40.9 Å². The zero-order chi connectivity index (χ0) is 20.6. The van der Waals surface area contributed by atoms with E-state index in [0.717, 1.165) is 23.1 Å². The number of aromatic nitrogens is 6. The fourth-order valence-corrected chi connectivity index (χ4v) is 4.10. The van der Waals surface area contributed by atoms with E-state index in [-0.39, 0.29) is 5.91 Å². The van der Waals surface area contributed by atoms with E-state index in [9.17, 15) is 4.79 Å². The Labute approximate surface area is 169 Å². The molecule has 0 aliphatic carbocycles. The molecular formula is C19H26N8O2. The number of rotatable bonds is 6. The minimum Gasteiger partial charge on any atom is -0.383 e. The van der Waals surface area contributed by atoms with Gasteiger partial charge in [-0.1, -0.05) is 18.2 Å². The summed E-state index contributed by atoms with van der Waals surface area (Å²) in [6, 6.07) is 7.79. The van der Waals surface area contributed by atoms with Crippen LogP contribution in [0.5, 0.6) is 0 Å². The molecule has 2 aromatic heterocycles. The quantitative estimate of drug-likeness (QED) is 0.597. The Kier molecular flexibility index (Phi) is 5.05. The van der Waals surface area contributed by atoms with E-state index in [4.69, 9.17) is 4.74 Å². The van der Waals surface area contributed by atoms with E-state index in [1.807, 2.05) is 50.3 Å². The molecule has 10 nitrogen and oxygen atoms in total. The van der Waals surface area contributed by atoms with Crippen molar-refractivity contribution < 1.29 is 9.53 Å². The smallest absolute Gasteiger partial charge is 0.275 e. The summed E-state index contributed by atoms with van der Waals surface area (Å²) < 4.78 is 8.71. The number of benzene rings is 1. The van der Waals surface area contributed by atoms with Gasteiger partial charge in [-0.2, -0.15) is 5.10 Å². The lowest BCUT2D eigenvalue weighted by atomic mass is 9.96. The number of hydrogen-bond acceptors (Lipinski definition) is 7. The van der Waals surface area contributed by atoms with Crippen LogP contribution in [0.3, 0.4) is 0 Å². The molecule has 0 radical (unpaired) electrons. The summed E-state index contributed by atoms with van der Waals surface area (Å²) in [5.74, 6) is 0.683. The number of tetrazole rings is 1. The van der Waals surface area contributed by atoms with Gasteiger partial charge < -0.3 is 9.64 Å². The Bertz CT molecular complexity index is 1030. The number of fused-ring (bicyclic) bond motifs is 1. The van der Waals surface area contributed by atoms with Gasteiger partial charge in [-0.3, -0.25) is 14.4 Å². The normalized spacial score (nSPS) is 19.6. The molecule has 0 bridgehead atoms. The van der Waals surface area contributed by atoms with Gasteiger partial charge in [0.25, 0.3) is 5.91 Å². The van der Waals surface area contributed by atoms with Crippen molar-refractivity contribution in [3.8, 4) is 0 Å². The lowest BCUT2D eigenvalue weighted by molar-refractivity contribution is 0.0732. The van der Waals surface area contributed by atoms with Gasteiger partial charge in [0.2, 0.25) is 0 Å². The zero-order valence-corrected chi connectivity index (χ0v) is 17.2. The molecule has 154 valence electrons. The molecule has 1 fully saturated rings. The minimum atomic E-state index is -0.461. The van der Waals surface area contributed by atoms with Gasteiger partial charge >= 0.3 is 0 Å². The highest BCUT2D eigenvalue weighted by atomic mass is 16.5. The number of amides is 1. The van der Waals surface area contributed by atoms with Crippen LogP contribution in [-0.4, -0.2) is 86.6 Å². The lowest BCUT2D eigenvalue weighted by Gasteiger charge is -2.34. The molecule has 1 unspecified atom stereocenters. The maximum absolute atomic E-state index is 13.4. The molecule has 4 rings (SSSR count). The number of likely N-dealkylation sites (N-methyl/N-ethyl adjacent to an activating group) is 1. The second kappa shape index (κ2) is 7.53. The van der Waals surface area contributed by atoms with Crippen LogP contribution in [0.25, 0.3) is 10.9 Å². The molecule has 0 N–H and O–H groups in total. The van der Waals surface area contributed by atoms with Crippen LogP contribution in [0.15, 0.2) is 24.3 Å². The Morgan fingerprint density at radius 1 is 1.31 bits per heavy atom. The molecular weight excluding hydrogens is 372 g/mol. The summed E-state index contributed by atoms with van der Waals surface area (Å²) in [6.45, 7) is 2.19. The van der Waals surface area contributed by atoms with Crippen LogP contribution in [-0.2, 0) is 23.9 Å². The van der Waals surface area contributed by atoms with Gasteiger partial charge in [-0.05, 0) is 37.0 Å². The maximum Gasteiger partial charge on any atom is 0.275 e.